The molecule has 0 aliphatic rings. The van der Waals surface area contributed by atoms with Gasteiger partial charge in [0.2, 0.25) is 0 Å². The van der Waals surface area contributed by atoms with Crippen LogP contribution < -0.4 is 5.43 Å². The normalized spacial score (nSPS) is 11.6. The molecule has 3 rings (SSSR count). The average Bonchev–Trinajstić information content (AvgIpc) is 3.15. The van der Waals surface area contributed by atoms with Crippen molar-refractivity contribution in [3.05, 3.63) is 87.7 Å². The lowest BCUT2D eigenvalue weighted by Gasteiger charge is -2.09. The minimum absolute atomic E-state index is 0.123. The zero-order valence-corrected chi connectivity index (χ0v) is 15.0. The van der Waals surface area contributed by atoms with Crippen molar-refractivity contribution in [1.82, 2.24) is 4.57 Å². The Morgan fingerprint density at radius 2 is 1.87 bits per heavy atom. The largest absolute Gasteiger partial charge is 0.478 e. The summed E-state index contributed by atoms with van der Waals surface area (Å²) in [5.74, 6) is -1.06. The minimum atomic E-state index is -4.70. The van der Waals surface area contributed by atoms with Crippen molar-refractivity contribution in [2.24, 2.45) is 5.10 Å². The highest BCUT2D eigenvalue weighted by Crippen LogP contribution is 2.34. The zero-order chi connectivity index (χ0) is 21.9. The molecule has 0 aliphatic heterocycles. The number of rotatable bonds is 6. The summed E-state index contributed by atoms with van der Waals surface area (Å²) in [5.41, 5.74) is 1.59. The van der Waals surface area contributed by atoms with Gasteiger partial charge in [0.05, 0.1) is 28.0 Å². The molecule has 1 heterocycles. The first kappa shape index (κ1) is 20.6. The highest BCUT2D eigenvalue weighted by Gasteiger charge is 2.33. The molecule has 0 atom stereocenters. The van der Waals surface area contributed by atoms with E-state index in [0.717, 1.165) is 12.1 Å². The second kappa shape index (κ2) is 8.07. The van der Waals surface area contributed by atoms with Crippen molar-refractivity contribution in [2.75, 3.05) is 5.43 Å². The summed E-state index contributed by atoms with van der Waals surface area (Å²) in [7, 11) is 0. The number of aromatic nitrogens is 1. The Labute approximate surface area is 167 Å². The molecule has 0 radical (unpaired) electrons. The van der Waals surface area contributed by atoms with Crippen LogP contribution in [0.2, 0.25) is 0 Å². The van der Waals surface area contributed by atoms with Crippen LogP contribution in [0.3, 0.4) is 0 Å². The maximum atomic E-state index is 12.8. The first-order valence-corrected chi connectivity index (χ1v) is 8.32. The highest BCUT2D eigenvalue weighted by atomic mass is 19.4. The molecule has 2 N–H and O–H groups in total. The molecule has 1 aromatic heterocycles. The van der Waals surface area contributed by atoms with Crippen LogP contribution in [-0.4, -0.2) is 26.8 Å². The number of alkyl halides is 3. The molecule has 0 aliphatic carbocycles. The van der Waals surface area contributed by atoms with Crippen LogP contribution in [0.5, 0.6) is 0 Å². The molecule has 0 saturated carbocycles. The summed E-state index contributed by atoms with van der Waals surface area (Å²) in [4.78, 5) is 21.1. The smallest absolute Gasteiger partial charge is 0.416 e. The molecular formula is C19H13F3N4O4. The number of hydrazone groups is 1. The molecule has 0 amide bonds. The molecule has 3 aromatic rings. The van der Waals surface area contributed by atoms with E-state index >= 15 is 0 Å². The number of aromatic carboxylic acids is 1. The third-order valence-corrected chi connectivity index (χ3v) is 4.08. The summed E-state index contributed by atoms with van der Waals surface area (Å²) >= 11 is 0. The summed E-state index contributed by atoms with van der Waals surface area (Å²) in [6, 6.07) is 11.5. The fraction of sp³-hybridized carbons (Fsp3) is 0.0526. The van der Waals surface area contributed by atoms with Gasteiger partial charge in [-0.15, -0.1) is 0 Å². The van der Waals surface area contributed by atoms with Crippen molar-refractivity contribution in [3.8, 4) is 5.69 Å². The van der Waals surface area contributed by atoms with E-state index in [1.165, 1.54) is 18.3 Å². The predicted octanol–water partition coefficient (Wildman–Crippen LogP) is 4.55. The summed E-state index contributed by atoms with van der Waals surface area (Å²) < 4.78 is 40.0. The Kier molecular flexibility index (Phi) is 5.54. The monoisotopic (exact) mass is 418 g/mol. The number of nitro benzene ring substituents is 1. The number of nitro groups is 1. The predicted molar refractivity (Wildman–Crippen MR) is 102 cm³/mol. The van der Waals surface area contributed by atoms with Crippen LogP contribution in [0.15, 0.2) is 65.9 Å². The maximum absolute atomic E-state index is 12.8. The SMILES string of the molecule is O=C(O)c1ccc(-n2cccc2/C=N\Nc2ccc(C(F)(F)F)cc2[N+](=O)[O-])cc1. The fourth-order valence-electron chi connectivity index (χ4n) is 2.62. The van der Waals surface area contributed by atoms with Gasteiger partial charge in [0.15, 0.2) is 0 Å². The number of carbonyl (C=O) groups is 1. The number of nitrogens with one attached hydrogen (secondary N) is 1. The van der Waals surface area contributed by atoms with E-state index in [9.17, 15) is 28.1 Å². The Bertz CT molecular complexity index is 1120. The summed E-state index contributed by atoms with van der Waals surface area (Å²) in [6.07, 6.45) is -1.69. The van der Waals surface area contributed by atoms with E-state index in [1.807, 2.05) is 0 Å². The molecule has 30 heavy (non-hydrogen) atoms. The van der Waals surface area contributed by atoms with Crippen LogP contribution in [0, 0.1) is 10.1 Å². The third-order valence-electron chi connectivity index (χ3n) is 4.08. The average molecular weight is 418 g/mol. The quantitative estimate of drug-likeness (QED) is 0.347. The molecule has 154 valence electrons. The van der Waals surface area contributed by atoms with Gasteiger partial charge in [-0.05, 0) is 48.5 Å². The Hall–Kier alpha value is -4.15. The van der Waals surface area contributed by atoms with Gasteiger partial charge in [-0.2, -0.15) is 18.3 Å². The van der Waals surface area contributed by atoms with Crippen LogP contribution in [-0.2, 0) is 6.18 Å². The number of carboxylic acids is 1. The van der Waals surface area contributed by atoms with Gasteiger partial charge in [-0.25, -0.2) is 4.79 Å². The van der Waals surface area contributed by atoms with E-state index < -0.39 is 28.3 Å². The Balaban J connectivity index is 1.82. The van der Waals surface area contributed by atoms with Crippen molar-refractivity contribution in [3.63, 3.8) is 0 Å². The molecule has 0 fully saturated rings. The zero-order valence-electron chi connectivity index (χ0n) is 15.0. The number of hydrogen-bond acceptors (Lipinski definition) is 5. The second-order valence-corrected chi connectivity index (χ2v) is 6.01. The van der Waals surface area contributed by atoms with Crippen LogP contribution >= 0.6 is 0 Å². The number of carboxylic acid groups (broad SMARTS) is 1. The fourth-order valence-corrected chi connectivity index (χ4v) is 2.62. The van der Waals surface area contributed by atoms with Crippen LogP contribution in [0.4, 0.5) is 24.5 Å². The van der Waals surface area contributed by atoms with Crippen molar-refractivity contribution in [2.45, 2.75) is 6.18 Å². The standard InChI is InChI=1S/C19H13F3N4O4/c20-19(21,22)13-5-8-16(17(10-13)26(29)30)24-23-11-15-2-1-9-25(15)14-6-3-12(4-7-14)18(27)28/h1-11,24H,(H,27,28)/b23-11-. The van der Waals surface area contributed by atoms with Gasteiger partial charge in [0.1, 0.15) is 5.69 Å². The molecule has 0 unspecified atom stereocenters. The lowest BCUT2D eigenvalue weighted by molar-refractivity contribution is -0.384. The van der Waals surface area contributed by atoms with Crippen LogP contribution in [0.25, 0.3) is 5.69 Å². The van der Waals surface area contributed by atoms with Gasteiger partial charge in [0.25, 0.3) is 5.69 Å². The number of anilines is 1. The number of benzene rings is 2. The highest BCUT2D eigenvalue weighted by molar-refractivity contribution is 5.88. The van der Waals surface area contributed by atoms with Gasteiger partial charge in [0, 0.05) is 18.0 Å². The topological polar surface area (TPSA) is 110 Å². The summed E-state index contributed by atoms with van der Waals surface area (Å²) in [5, 5.41) is 23.9. The third kappa shape index (κ3) is 4.46. The summed E-state index contributed by atoms with van der Waals surface area (Å²) in [6.45, 7) is 0. The van der Waals surface area contributed by atoms with E-state index in [2.05, 4.69) is 10.5 Å². The van der Waals surface area contributed by atoms with Crippen molar-refractivity contribution in [1.29, 1.82) is 0 Å². The molecule has 0 spiro atoms. The van der Waals surface area contributed by atoms with E-state index in [-0.39, 0.29) is 11.3 Å². The Morgan fingerprint density at radius 1 is 1.17 bits per heavy atom. The first-order chi connectivity index (χ1) is 14.2. The van der Waals surface area contributed by atoms with Gasteiger partial charge < -0.3 is 9.67 Å². The molecule has 8 nitrogen and oxygen atoms in total. The molecular weight excluding hydrogens is 405 g/mol. The lowest BCUT2D eigenvalue weighted by Crippen LogP contribution is -2.07. The number of nitrogens with zero attached hydrogens (tertiary/aromatic N) is 3. The maximum Gasteiger partial charge on any atom is 0.416 e. The molecule has 0 bridgehead atoms. The van der Waals surface area contributed by atoms with Crippen molar-refractivity contribution < 1.29 is 28.0 Å². The first-order valence-electron chi connectivity index (χ1n) is 8.32. The molecule has 2 aromatic carbocycles. The van der Waals surface area contributed by atoms with Gasteiger partial charge >= 0.3 is 12.1 Å². The van der Waals surface area contributed by atoms with E-state index in [0.29, 0.717) is 17.4 Å². The van der Waals surface area contributed by atoms with Crippen molar-refractivity contribution >= 4 is 23.6 Å². The molecule has 0 saturated heterocycles. The molecule has 11 heteroatoms. The van der Waals surface area contributed by atoms with Gasteiger partial charge in [-0.3, -0.25) is 15.5 Å². The van der Waals surface area contributed by atoms with E-state index in [4.69, 9.17) is 5.11 Å². The Morgan fingerprint density at radius 3 is 2.47 bits per heavy atom. The van der Waals surface area contributed by atoms with E-state index in [1.54, 1.807) is 35.0 Å². The van der Waals surface area contributed by atoms with Gasteiger partial charge in [-0.1, -0.05) is 0 Å². The lowest BCUT2D eigenvalue weighted by atomic mass is 10.1. The number of halogens is 3. The second-order valence-electron chi connectivity index (χ2n) is 6.01. The van der Waals surface area contributed by atoms with Crippen LogP contribution in [0.1, 0.15) is 21.6 Å². The number of hydrogen-bond donors (Lipinski definition) is 2. The minimum Gasteiger partial charge on any atom is -0.478 e.